The van der Waals surface area contributed by atoms with E-state index in [1.165, 1.54) is 36.4 Å². The third-order valence-electron chi connectivity index (χ3n) is 4.10. The van der Waals surface area contributed by atoms with Crippen LogP contribution in [0.1, 0.15) is 16.7 Å². The predicted octanol–water partition coefficient (Wildman–Crippen LogP) is 4.63. The first kappa shape index (κ1) is 19.7. The largest absolute Gasteiger partial charge is 0.478 e. The number of fused-ring (bicyclic) bond motifs is 1. The molecule has 1 unspecified atom stereocenters. The Morgan fingerprint density at radius 2 is 1.89 bits per heavy atom. The zero-order valence-corrected chi connectivity index (χ0v) is 14.6. The Balaban J connectivity index is 1.96. The summed E-state index contributed by atoms with van der Waals surface area (Å²) in [4.78, 5) is 21.3. The number of rotatable bonds is 4. The second kappa shape index (κ2) is 7.16. The van der Waals surface area contributed by atoms with Crippen LogP contribution in [0.15, 0.2) is 42.0 Å². The van der Waals surface area contributed by atoms with Crippen LogP contribution in [0.5, 0.6) is 5.75 Å². The molecule has 0 aliphatic carbocycles. The minimum absolute atomic E-state index is 0.0945. The van der Waals surface area contributed by atoms with Crippen molar-refractivity contribution < 1.29 is 32.7 Å². The van der Waals surface area contributed by atoms with Crippen LogP contribution in [0.25, 0.3) is 6.08 Å². The van der Waals surface area contributed by atoms with Crippen molar-refractivity contribution >= 4 is 29.3 Å². The lowest BCUT2D eigenvalue weighted by atomic mass is 9.97. The van der Waals surface area contributed by atoms with Gasteiger partial charge in [-0.25, -0.2) is 4.79 Å². The first-order valence-corrected chi connectivity index (χ1v) is 8.18. The van der Waals surface area contributed by atoms with Gasteiger partial charge in [0.05, 0.1) is 10.5 Å². The van der Waals surface area contributed by atoms with Crippen LogP contribution in [0.2, 0.25) is 5.02 Å². The zero-order valence-electron chi connectivity index (χ0n) is 13.9. The molecule has 146 valence electrons. The maximum atomic E-state index is 13.2. The monoisotopic (exact) mass is 413 g/mol. The van der Waals surface area contributed by atoms with Gasteiger partial charge in [-0.3, -0.25) is 10.1 Å². The lowest BCUT2D eigenvalue weighted by molar-refractivity contribution is -0.384. The molecule has 0 aromatic heterocycles. The van der Waals surface area contributed by atoms with Crippen molar-refractivity contribution in [3.8, 4) is 5.75 Å². The number of alkyl halides is 3. The Labute approximate surface area is 161 Å². The van der Waals surface area contributed by atoms with Gasteiger partial charge in [0.2, 0.25) is 6.10 Å². The van der Waals surface area contributed by atoms with Crippen molar-refractivity contribution in [1.29, 1.82) is 0 Å². The zero-order chi connectivity index (χ0) is 20.6. The van der Waals surface area contributed by atoms with Crippen LogP contribution < -0.4 is 4.74 Å². The van der Waals surface area contributed by atoms with Crippen LogP contribution in [0.3, 0.4) is 0 Å². The molecule has 0 saturated carbocycles. The topological polar surface area (TPSA) is 89.7 Å². The van der Waals surface area contributed by atoms with Gasteiger partial charge in [-0.2, -0.15) is 13.2 Å². The molecule has 1 atom stereocenters. The van der Waals surface area contributed by atoms with Crippen molar-refractivity contribution in [3.05, 3.63) is 73.8 Å². The van der Waals surface area contributed by atoms with Gasteiger partial charge in [-0.05, 0) is 35.8 Å². The van der Waals surface area contributed by atoms with Crippen molar-refractivity contribution in [2.45, 2.75) is 18.7 Å². The molecule has 1 aliphatic rings. The van der Waals surface area contributed by atoms with Crippen molar-refractivity contribution in [2.75, 3.05) is 0 Å². The number of nitro groups is 1. The standard InChI is InChI=1S/C18H11ClF3NO5/c19-14-7-11-6-13(17(24)25)16(18(20,21)22)28-15(11)8-10(14)5-9-1-3-12(4-2-9)23(26)27/h1-4,6-8,16H,5H2,(H,24,25). The first-order chi connectivity index (χ1) is 13.1. The van der Waals surface area contributed by atoms with Gasteiger partial charge < -0.3 is 9.84 Å². The number of carboxylic acids is 1. The summed E-state index contributed by atoms with van der Waals surface area (Å²) < 4.78 is 44.4. The molecule has 28 heavy (non-hydrogen) atoms. The first-order valence-electron chi connectivity index (χ1n) is 7.80. The quantitative estimate of drug-likeness (QED) is 0.583. The fraction of sp³-hybridized carbons (Fsp3) is 0.167. The molecule has 1 heterocycles. The van der Waals surface area contributed by atoms with E-state index in [2.05, 4.69) is 0 Å². The van der Waals surface area contributed by atoms with Crippen LogP contribution in [-0.2, 0) is 11.2 Å². The smallest absolute Gasteiger partial charge is 0.430 e. The van der Waals surface area contributed by atoms with Crippen LogP contribution in [0.4, 0.5) is 18.9 Å². The molecule has 0 radical (unpaired) electrons. The number of hydrogen-bond acceptors (Lipinski definition) is 4. The second-order valence-electron chi connectivity index (χ2n) is 6.03. The van der Waals surface area contributed by atoms with E-state index in [9.17, 15) is 28.1 Å². The second-order valence-corrected chi connectivity index (χ2v) is 6.43. The van der Waals surface area contributed by atoms with Crippen LogP contribution >= 0.6 is 11.6 Å². The van der Waals surface area contributed by atoms with E-state index in [1.54, 1.807) is 0 Å². The number of ether oxygens (including phenoxy) is 1. The Morgan fingerprint density at radius 3 is 2.43 bits per heavy atom. The van der Waals surface area contributed by atoms with E-state index >= 15 is 0 Å². The molecule has 0 fully saturated rings. The molecule has 1 N–H and O–H groups in total. The number of nitrogens with zero attached hydrogens (tertiary/aromatic N) is 1. The molecule has 6 nitrogen and oxygen atoms in total. The summed E-state index contributed by atoms with van der Waals surface area (Å²) in [5.41, 5.74) is 0.178. The molecule has 1 aliphatic heterocycles. The summed E-state index contributed by atoms with van der Waals surface area (Å²) in [7, 11) is 0. The minimum atomic E-state index is -4.90. The van der Waals surface area contributed by atoms with Gasteiger partial charge in [-0.1, -0.05) is 23.7 Å². The molecule has 0 saturated heterocycles. The summed E-state index contributed by atoms with van der Waals surface area (Å²) in [5, 5.41) is 19.9. The predicted molar refractivity (Wildman–Crippen MR) is 93.4 cm³/mol. The maximum Gasteiger partial charge on any atom is 0.430 e. The highest BCUT2D eigenvalue weighted by atomic mass is 35.5. The summed E-state index contributed by atoms with van der Waals surface area (Å²) >= 11 is 6.18. The number of benzene rings is 2. The van der Waals surface area contributed by atoms with E-state index in [-0.39, 0.29) is 28.4 Å². The number of carboxylic acid groups (broad SMARTS) is 1. The van der Waals surface area contributed by atoms with Crippen LogP contribution in [-0.4, -0.2) is 28.3 Å². The van der Waals surface area contributed by atoms with E-state index in [0.717, 1.165) is 6.08 Å². The molecular formula is C18H11ClF3NO5. The molecule has 0 amide bonds. The summed E-state index contributed by atoms with van der Waals surface area (Å²) in [6, 6.07) is 8.27. The Bertz CT molecular complexity index is 986. The Morgan fingerprint density at radius 1 is 1.25 bits per heavy atom. The summed E-state index contributed by atoms with van der Waals surface area (Å²) in [5.74, 6) is -1.88. The number of carbonyl (C=O) groups is 1. The van der Waals surface area contributed by atoms with E-state index in [1.807, 2.05) is 0 Å². The molecule has 0 spiro atoms. The van der Waals surface area contributed by atoms with Gasteiger partial charge >= 0.3 is 12.1 Å². The summed E-state index contributed by atoms with van der Waals surface area (Å²) in [6.45, 7) is 0. The summed E-state index contributed by atoms with van der Waals surface area (Å²) in [6.07, 6.45) is -6.41. The average Bonchev–Trinajstić information content (AvgIpc) is 2.61. The highest BCUT2D eigenvalue weighted by Gasteiger charge is 2.48. The van der Waals surface area contributed by atoms with Crippen molar-refractivity contribution in [2.24, 2.45) is 0 Å². The molecule has 2 aromatic carbocycles. The number of non-ortho nitro benzene ring substituents is 1. The highest BCUT2D eigenvalue weighted by Crippen LogP contribution is 2.39. The number of aliphatic carboxylic acids is 1. The van der Waals surface area contributed by atoms with E-state index < -0.39 is 28.7 Å². The molecule has 3 rings (SSSR count). The third kappa shape index (κ3) is 3.94. The molecule has 0 bridgehead atoms. The number of hydrogen-bond donors (Lipinski definition) is 1. The normalized spacial score (nSPS) is 16.0. The number of nitro benzene ring substituents is 1. The molecular weight excluding hydrogens is 403 g/mol. The van der Waals surface area contributed by atoms with Gasteiger partial charge in [0.15, 0.2) is 0 Å². The average molecular weight is 414 g/mol. The molecule has 10 heteroatoms. The van der Waals surface area contributed by atoms with Gasteiger partial charge in [0.25, 0.3) is 5.69 Å². The van der Waals surface area contributed by atoms with Gasteiger partial charge in [0, 0.05) is 22.7 Å². The van der Waals surface area contributed by atoms with E-state index in [4.69, 9.17) is 21.4 Å². The van der Waals surface area contributed by atoms with Gasteiger partial charge in [-0.15, -0.1) is 0 Å². The fourth-order valence-electron chi connectivity index (χ4n) is 2.77. The third-order valence-corrected chi connectivity index (χ3v) is 4.45. The maximum absolute atomic E-state index is 13.2. The Kier molecular flexibility index (Phi) is 5.03. The minimum Gasteiger partial charge on any atom is -0.478 e. The van der Waals surface area contributed by atoms with Crippen LogP contribution in [0, 0.1) is 10.1 Å². The van der Waals surface area contributed by atoms with E-state index in [0.29, 0.717) is 11.1 Å². The lowest BCUT2D eigenvalue weighted by Crippen LogP contribution is -2.40. The van der Waals surface area contributed by atoms with Gasteiger partial charge in [0.1, 0.15) is 5.75 Å². The Hall–Kier alpha value is -3.07. The van der Waals surface area contributed by atoms with Crippen molar-refractivity contribution in [3.63, 3.8) is 0 Å². The fourth-order valence-corrected chi connectivity index (χ4v) is 3.01. The lowest BCUT2D eigenvalue weighted by Gasteiger charge is -2.27. The SMILES string of the molecule is O=C(O)C1=Cc2cc(Cl)c(Cc3ccc([N+](=O)[O-])cc3)cc2OC1C(F)(F)F. The number of halogens is 4. The van der Waals surface area contributed by atoms with Crippen molar-refractivity contribution in [1.82, 2.24) is 0 Å². The highest BCUT2D eigenvalue weighted by molar-refractivity contribution is 6.31. The molecule has 2 aromatic rings.